The van der Waals surface area contributed by atoms with E-state index in [1.807, 2.05) is 7.05 Å². The average Bonchev–Trinajstić information content (AvgIpc) is 2.59. The van der Waals surface area contributed by atoms with Crippen molar-refractivity contribution in [3.8, 4) is 0 Å². The van der Waals surface area contributed by atoms with Gasteiger partial charge in [0.15, 0.2) is 0 Å². The molecule has 0 spiro atoms. The molecule has 1 N–H and O–H groups in total. The van der Waals surface area contributed by atoms with Crippen molar-refractivity contribution in [1.29, 1.82) is 0 Å². The summed E-state index contributed by atoms with van der Waals surface area (Å²) in [5, 5.41) is 3.06. The zero-order valence-electron chi connectivity index (χ0n) is 9.92. The molecule has 1 aromatic heterocycles. The minimum atomic E-state index is 0.379. The van der Waals surface area contributed by atoms with E-state index in [0.717, 1.165) is 29.2 Å². The summed E-state index contributed by atoms with van der Waals surface area (Å²) < 4.78 is 0.954. The molecule has 0 amide bonds. The van der Waals surface area contributed by atoms with Crippen LogP contribution in [0.4, 0.5) is 11.6 Å². The molecule has 4 nitrogen and oxygen atoms in total. The van der Waals surface area contributed by atoms with Crippen LogP contribution in [-0.2, 0) is 0 Å². The summed E-state index contributed by atoms with van der Waals surface area (Å²) in [6.07, 6.45) is 2.82. The summed E-state index contributed by atoms with van der Waals surface area (Å²) in [5.74, 6) is 1.83. The minimum Gasteiger partial charge on any atom is -0.372 e. The first-order valence-electron chi connectivity index (χ1n) is 5.47. The molecule has 2 rings (SSSR count). The Labute approximate surface area is 105 Å². The van der Waals surface area contributed by atoms with E-state index in [1.54, 1.807) is 6.33 Å². The number of nitrogens with zero attached hydrogens (tertiary/aromatic N) is 3. The Bertz CT molecular complexity index is 392. The van der Waals surface area contributed by atoms with Crippen molar-refractivity contribution >= 4 is 27.6 Å². The molecule has 16 heavy (non-hydrogen) atoms. The predicted octanol–water partition coefficient (Wildman–Crippen LogP) is 2.52. The Balaban J connectivity index is 2.28. The SMILES string of the molecule is CNc1ncnc(N2CCC(C)(C)C2)c1Br. The Morgan fingerprint density at radius 3 is 2.75 bits per heavy atom. The highest BCUT2D eigenvalue weighted by Crippen LogP contribution is 2.36. The van der Waals surface area contributed by atoms with Gasteiger partial charge in [-0.3, -0.25) is 0 Å². The van der Waals surface area contributed by atoms with Crippen molar-refractivity contribution in [3.05, 3.63) is 10.8 Å². The molecule has 1 aliphatic heterocycles. The van der Waals surface area contributed by atoms with Crippen LogP contribution in [0.5, 0.6) is 0 Å². The molecule has 0 saturated carbocycles. The molecule has 0 aliphatic carbocycles. The molecule has 1 fully saturated rings. The number of rotatable bonds is 2. The maximum atomic E-state index is 4.36. The highest BCUT2D eigenvalue weighted by atomic mass is 79.9. The van der Waals surface area contributed by atoms with Gasteiger partial charge in [0.2, 0.25) is 0 Å². The first-order chi connectivity index (χ1) is 7.53. The number of nitrogens with one attached hydrogen (secondary N) is 1. The molecule has 0 unspecified atom stereocenters. The van der Waals surface area contributed by atoms with Crippen molar-refractivity contribution in [1.82, 2.24) is 9.97 Å². The normalized spacial score (nSPS) is 18.9. The van der Waals surface area contributed by atoms with Gasteiger partial charge in [0.05, 0.1) is 0 Å². The van der Waals surface area contributed by atoms with E-state index < -0.39 is 0 Å². The lowest BCUT2D eigenvalue weighted by Crippen LogP contribution is -2.24. The third-order valence-corrected chi connectivity index (χ3v) is 3.72. The van der Waals surface area contributed by atoms with Crippen LogP contribution in [0.1, 0.15) is 20.3 Å². The molecule has 0 radical (unpaired) electrons. The minimum absolute atomic E-state index is 0.379. The molecule has 88 valence electrons. The third kappa shape index (κ3) is 2.14. The molecule has 0 atom stereocenters. The standard InChI is InChI=1S/C11H17BrN4/c1-11(2)4-5-16(6-11)10-8(12)9(13-3)14-7-15-10/h7H,4-6H2,1-3H3,(H,13,14,15). The van der Waals surface area contributed by atoms with Gasteiger partial charge < -0.3 is 10.2 Å². The Hall–Kier alpha value is -0.840. The number of aromatic nitrogens is 2. The maximum absolute atomic E-state index is 4.36. The lowest BCUT2D eigenvalue weighted by molar-refractivity contribution is 0.418. The van der Waals surface area contributed by atoms with E-state index >= 15 is 0 Å². The zero-order chi connectivity index (χ0) is 11.8. The number of anilines is 2. The largest absolute Gasteiger partial charge is 0.372 e. The highest BCUT2D eigenvalue weighted by molar-refractivity contribution is 9.10. The summed E-state index contributed by atoms with van der Waals surface area (Å²) in [6.45, 7) is 6.69. The predicted molar refractivity (Wildman–Crippen MR) is 69.9 cm³/mol. The van der Waals surface area contributed by atoms with Crippen LogP contribution >= 0.6 is 15.9 Å². The summed E-state index contributed by atoms with van der Waals surface area (Å²) in [4.78, 5) is 10.8. The van der Waals surface area contributed by atoms with Gasteiger partial charge in [-0.1, -0.05) is 13.8 Å². The topological polar surface area (TPSA) is 41.1 Å². The van der Waals surface area contributed by atoms with Gasteiger partial charge in [-0.05, 0) is 27.8 Å². The second-order valence-corrected chi connectivity index (χ2v) is 5.74. The molecule has 2 heterocycles. The first kappa shape index (κ1) is 11.6. The second kappa shape index (κ2) is 4.20. The lowest BCUT2D eigenvalue weighted by atomic mass is 9.93. The van der Waals surface area contributed by atoms with Crippen LogP contribution in [0, 0.1) is 5.41 Å². The van der Waals surface area contributed by atoms with Crippen LogP contribution in [0.2, 0.25) is 0 Å². The van der Waals surface area contributed by atoms with Gasteiger partial charge in [0.25, 0.3) is 0 Å². The third-order valence-electron chi connectivity index (χ3n) is 2.98. The smallest absolute Gasteiger partial charge is 0.148 e. The van der Waals surface area contributed by atoms with Crippen LogP contribution < -0.4 is 10.2 Å². The Kier molecular flexibility index (Phi) is 3.06. The highest BCUT2D eigenvalue weighted by Gasteiger charge is 2.31. The molecule has 5 heteroatoms. The van der Waals surface area contributed by atoms with E-state index in [1.165, 1.54) is 6.42 Å². The molecule has 1 aromatic rings. The number of halogens is 1. The molecule has 1 aliphatic rings. The quantitative estimate of drug-likeness (QED) is 0.906. The van der Waals surface area contributed by atoms with Crippen LogP contribution in [0.3, 0.4) is 0 Å². The van der Waals surface area contributed by atoms with Crippen molar-refractivity contribution in [2.45, 2.75) is 20.3 Å². The van der Waals surface area contributed by atoms with Gasteiger partial charge in [-0.15, -0.1) is 0 Å². The summed E-state index contributed by atoms with van der Waals surface area (Å²) >= 11 is 3.56. The van der Waals surface area contributed by atoms with Gasteiger partial charge in [-0.2, -0.15) is 0 Å². The summed E-state index contributed by atoms with van der Waals surface area (Å²) in [5.41, 5.74) is 0.379. The van der Waals surface area contributed by atoms with Gasteiger partial charge in [-0.25, -0.2) is 9.97 Å². The van der Waals surface area contributed by atoms with Crippen molar-refractivity contribution in [2.75, 3.05) is 30.4 Å². The summed E-state index contributed by atoms with van der Waals surface area (Å²) in [6, 6.07) is 0. The van der Waals surface area contributed by atoms with Crippen molar-refractivity contribution in [3.63, 3.8) is 0 Å². The van der Waals surface area contributed by atoms with E-state index in [4.69, 9.17) is 0 Å². The summed E-state index contributed by atoms with van der Waals surface area (Å²) in [7, 11) is 1.87. The number of hydrogen-bond donors (Lipinski definition) is 1. The molecule has 1 saturated heterocycles. The van der Waals surface area contributed by atoms with E-state index in [-0.39, 0.29) is 0 Å². The van der Waals surface area contributed by atoms with Crippen LogP contribution in [0.15, 0.2) is 10.8 Å². The van der Waals surface area contributed by atoms with Crippen molar-refractivity contribution < 1.29 is 0 Å². The number of hydrogen-bond acceptors (Lipinski definition) is 4. The van der Waals surface area contributed by atoms with Crippen LogP contribution in [-0.4, -0.2) is 30.1 Å². The van der Waals surface area contributed by atoms with Gasteiger partial charge in [0, 0.05) is 20.1 Å². The fourth-order valence-corrected chi connectivity index (χ4v) is 2.70. The fourth-order valence-electron chi connectivity index (χ4n) is 2.05. The van der Waals surface area contributed by atoms with E-state index in [2.05, 4.69) is 50.0 Å². The van der Waals surface area contributed by atoms with E-state index in [9.17, 15) is 0 Å². The fraction of sp³-hybridized carbons (Fsp3) is 0.636. The zero-order valence-corrected chi connectivity index (χ0v) is 11.5. The lowest BCUT2D eigenvalue weighted by Gasteiger charge is -2.22. The van der Waals surface area contributed by atoms with Crippen LogP contribution in [0.25, 0.3) is 0 Å². The monoisotopic (exact) mass is 284 g/mol. The van der Waals surface area contributed by atoms with Gasteiger partial charge >= 0.3 is 0 Å². The van der Waals surface area contributed by atoms with E-state index in [0.29, 0.717) is 5.41 Å². The van der Waals surface area contributed by atoms with Gasteiger partial charge in [0.1, 0.15) is 22.4 Å². The molecular weight excluding hydrogens is 268 g/mol. The Morgan fingerprint density at radius 2 is 2.19 bits per heavy atom. The molecule has 0 bridgehead atoms. The first-order valence-corrected chi connectivity index (χ1v) is 6.26. The molecule has 0 aromatic carbocycles. The second-order valence-electron chi connectivity index (χ2n) is 4.95. The van der Waals surface area contributed by atoms with Crippen molar-refractivity contribution in [2.24, 2.45) is 5.41 Å². The molecular formula is C11H17BrN4. The average molecular weight is 285 g/mol. The Morgan fingerprint density at radius 1 is 1.44 bits per heavy atom. The maximum Gasteiger partial charge on any atom is 0.148 e.